The van der Waals surface area contributed by atoms with Gasteiger partial charge in [0.25, 0.3) is 11.5 Å². The van der Waals surface area contributed by atoms with E-state index in [1.54, 1.807) is 18.5 Å². The second-order valence-corrected chi connectivity index (χ2v) is 4.74. The standard InChI is InChI=1S/C11H6FN5O2S/c12-7-2-3-9(8(6-7)17(18)19)20-11-14-10-13-4-1-5-16(10)15-11/h1-6H. The molecule has 7 nitrogen and oxygen atoms in total. The Morgan fingerprint density at radius 2 is 2.25 bits per heavy atom. The summed E-state index contributed by atoms with van der Waals surface area (Å²) in [4.78, 5) is 18.7. The Kier molecular flexibility index (Phi) is 3.03. The third-order valence-corrected chi connectivity index (χ3v) is 3.34. The first-order valence-corrected chi connectivity index (χ1v) is 6.24. The van der Waals surface area contributed by atoms with Crippen LogP contribution in [0.3, 0.4) is 0 Å². The highest BCUT2D eigenvalue weighted by atomic mass is 32.2. The lowest BCUT2D eigenvalue weighted by Gasteiger charge is -1.99. The fraction of sp³-hybridized carbons (Fsp3) is 0. The lowest BCUT2D eigenvalue weighted by molar-refractivity contribution is -0.387. The fourth-order valence-electron chi connectivity index (χ4n) is 1.57. The molecular formula is C11H6FN5O2S. The molecule has 0 spiro atoms. The summed E-state index contributed by atoms with van der Waals surface area (Å²) in [6.45, 7) is 0. The molecular weight excluding hydrogens is 285 g/mol. The third-order valence-electron chi connectivity index (χ3n) is 2.42. The number of hydrogen-bond acceptors (Lipinski definition) is 6. The zero-order chi connectivity index (χ0) is 14.1. The highest BCUT2D eigenvalue weighted by Crippen LogP contribution is 2.33. The Hall–Kier alpha value is -2.55. The summed E-state index contributed by atoms with van der Waals surface area (Å²) in [5.74, 6) is -0.273. The summed E-state index contributed by atoms with van der Waals surface area (Å²) in [6, 6.07) is 5.05. The lowest BCUT2D eigenvalue weighted by atomic mass is 10.3. The van der Waals surface area contributed by atoms with Gasteiger partial charge in [-0.2, -0.15) is 4.98 Å². The first kappa shape index (κ1) is 12.5. The van der Waals surface area contributed by atoms with E-state index in [1.807, 2.05) is 0 Å². The number of nitro benzene ring substituents is 1. The molecule has 1 aromatic carbocycles. The van der Waals surface area contributed by atoms with E-state index >= 15 is 0 Å². The largest absolute Gasteiger partial charge is 0.286 e. The number of halogens is 1. The van der Waals surface area contributed by atoms with E-state index < -0.39 is 10.7 Å². The van der Waals surface area contributed by atoms with Crippen molar-refractivity contribution in [1.82, 2.24) is 19.6 Å². The van der Waals surface area contributed by atoms with Gasteiger partial charge in [0, 0.05) is 12.4 Å². The molecule has 0 N–H and O–H groups in total. The molecule has 9 heteroatoms. The average Bonchev–Trinajstić information content (AvgIpc) is 2.82. The van der Waals surface area contributed by atoms with Crippen molar-refractivity contribution in [2.45, 2.75) is 10.1 Å². The summed E-state index contributed by atoms with van der Waals surface area (Å²) < 4.78 is 14.5. The summed E-state index contributed by atoms with van der Waals surface area (Å²) >= 11 is 0.986. The first-order valence-electron chi connectivity index (χ1n) is 5.43. The molecule has 0 fully saturated rings. The molecule has 3 rings (SSSR count). The molecule has 0 saturated carbocycles. The smallest absolute Gasteiger partial charge is 0.258 e. The molecule has 0 bridgehead atoms. The van der Waals surface area contributed by atoms with E-state index in [-0.39, 0.29) is 10.6 Å². The van der Waals surface area contributed by atoms with Crippen LogP contribution in [0.25, 0.3) is 5.78 Å². The van der Waals surface area contributed by atoms with Crippen LogP contribution in [-0.2, 0) is 0 Å². The van der Waals surface area contributed by atoms with Crippen molar-refractivity contribution < 1.29 is 9.31 Å². The number of nitro groups is 1. The minimum absolute atomic E-state index is 0.271. The molecule has 0 aliphatic heterocycles. The van der Waals surface area contributed by atoms with E-state index in [1.165, 1.54) is 10.6 Å². The number of nitrogens with zero attached hydrogens (tertiary/aromatic N) is 5. The number of hydrogen-bond donors (Lipinski definition) is 0. The average molecular weight is 291 g/mol. The van der Waals surface area contributed by atoms with E-state index in [4.69, 9.17) is 0 Å². The van der Waals surface area contributed by atoms with Crippen molar-refractivity contribution in [3.05, 3.63) is 52.6 Å². The Morgan fingerprint density at radius 3 is 3.00 bits per heavy atom. The fourth-order valence-corrected chi connectivity index (χ4v) is 2.40. The summed E-state index contributed by atoms with van der Waals surface area (Å²) in [5.41, 5.74) is -0.318. The highest BCUT2D eigenvalue weighted by Gasteiger charge is 2.18. The number of rotatable bonds is 3. The van der Waals surface area contributed by atoms with Crippen molar-refractivity contribution in [3.63, 3.8) is 0 Å². The van der Waals surface area contributed by atoms with Crippen LogP contribution in [0.4, 0.5) is 10.1 Å². The van der Waals surface area contributed by atoms with Crippen molar-refractivity contribution in [3.8, 4) is 0 Å². The van der Waals surface area contributed by atoms with Crippen molar-refractivity contribution in [2.75, 3.05) is 0 Å². The Bertz CT molecular complexity index is 773. The Balaban J connectivity index is 2.00. The summed E-state index contributed by atoms with van der Waals surface area (Å²) in [7, 11) is 0. The molecule has 2 heterocycles. The van der Waals surface area contributed by atoms with Gasteiger partial charge in [-0.25, -0.2) is 13.9 Å². The predicted octanol–water partition coefficient (Wildman–Crippen LogP) is 2.32. The molecule has 0 unspecified atom stereocenters. The molecule has 20 heavy (non-hydrogen) atoms. The Labute approximate surface area is 115 Å². The zero-order valence-electron chi connectivity index (χ0n) is 9.80. The Morgan fingerprint density at radius 1 is 1.40 bits per heavy atom. The number of benzene rings is 1. The lowest BCUT2D eigenvalue weighted by Crippen LogP contribution is -1.92. The van der Waals surface area contributed by atoms with Crippen LogP contribution < -0.4 is 0 Å². The molecule has 0 saturated heterocycles. The predicted molar refractivity (Wildman–Crippen MR) is 68.0 cm³/mol. The summed E-state index contributed by atoms with van der Waals surface area (Å²) in [5, 5.41) is 15.3. The van der Waals surface area contributed by atoms with Gasteiger partial charge in [-0.05, 0) is 30.0 Å². The van der Waals surface area contributed by atoms with Crippen LogP contribution in [0.1, 0.15) is 0 Å². The molecule has 3 aromatic rings. The molecule has 0 atom stereocenters. The van der Waals surface area contributed by atoms with E-state index in [0.29, 0.717) is 10.9 Å². The van der Waals surface area contributed by atoms with E-state index in [9.17, 15) is 14.5 Å². The van der Waals surface area contributed by atoms with Crippen LogP contribution >= 0.6 is 11.8 Å². The normalized spacial score (nSPS) is 10.8. The second kappa shape index (κ2) is 4.85. The van der Waals surface area contributed by atoms with E-state index in [2.05, 4.69) is 15.1 Å². The number of aromatic nitrogens is 4. The van der Waals surface area contributed by atoms with Gasteiger partial charge in [0.05, 0.1) is 15.9 Å². The van der Waals surface area contributed by atoms with Gasteiger partial charge in [-0.1, -0.05) is 0 Å². The first-order chi connectivity index (χ1) is 9.63. The van der Waals surface area contributed by atoms with Gasteiger partial charge >= 0.3 is 0 Å². The van der Waals surface area contributed by atoms with Gasteiger partial charge < -0.3 is 0 Å². The molecule has 0 aliphatic rings. The monoisotopic (exact) mass is 291 g/mol. The van der Waals surface area contributed by atoms with Crippen LogP contribution in [0.5, 0.6) is 0 Å². The second-order valence-electron chi connectivity index (χ2n) is 3.73. The van der Waals surface area contributed by atoms with Gasteiger partial charge in [0.15, 0.2) is 0 Å². The third kappa shape index (κ3) is 2.30. The minimum Gasteiger partial charge on any atom is -0.258 e. The molecule has 0 aliphatic carbocycles. The van der Waals surface area contributed by atoms with Crippen molar-refractivity contribution in [2.24, 2.45) is 0 Å². The van der Waals surface area contributed by atoms with Crippen LogP contribution in [0.15, 0.2) is 46.7 Å². The van der Waals surface area contributed by atoms with Gasteiger partial charge in [0.1, 0.15) is 5.82 Å². The zero-order valence-corrected chi connectivity index (χ0v) is 10.6. The van der Waals surface area contributed by atoms with Crippen LogP contribution in [0, 0.1) is 15.9 Å². The SMILES string of the molecule is O=[N+]([O-])c1cc(F)ccc1Sc1nc2ncccn2n1. The van der Waals surface area contributed by atoms with Crippen LogP contribution in [-0.4, -0.2) is 24.5 Å². The van der Waals surface area contributed by atoms with Crippen molar-refractivity contribution in [1.29, 1.82) is 0 Å². The van der Waals surface area contributed by atoms with E-state index in [0.717, 1.165) is 23.9 Å². The maximum absolute atomic E-state index is 13.1. The molecule has 2 aromatic heterocycles. The molecule has 100 valence electrons. The van der Waals surface area contributed by atoms with Gasteiger partial charge in [-0.3, -0.25) is 10.1 Å². The highest BCUT2D eigenvalue weighted by molar-refractivity contribution is 7.99. The summed E-state index contributed by atoms with van der Waals surface area (Å²) in [6.07, 6.45) is 3.23. The van der Waals surface area contributed by atoms with Crippen molar-refractivity contribution >= 4 is 23.2 Å². The molecule has 0 radical (unpaired) electrons. The number of fused-ring (bicyclic) bond motifs is 1. The topological polar surface area (TPSA) is 86.2 Å². The van der Waals surface area contributed by atoms with Gasteiger partial charge in [0.2, 0.25) is 5.16 Å². The quantitative estimate of drug-likeness (QED) is 0.543. The maximum Gasteiger partial charge on any atom is 0.286 e. The molecule has 0 amide bonds. The van der Waals surface area contributed by atoms with Gasteiger partial charge in [-0.15, -0.1) is 5.10 Å². The maximum atomic E-state index is 13.1. The van der Waals surface area contributed by atoms with Crippen LogP contribution in [0.2, 0.25) is 0 Å². The minimum atomic E-state index is -0.661.